The number of rotatable bonds is 7. The van der Waals surface area contributed by atoms with Crippen molar-refractivity contribution in [2.75, 3.05) is 18.4 Å². The number of hydrogen-bond donors (Lipinski definition) is 1. The number of amides is 2. The lowest BCUT2D eigenvalue weighted by Gasteiger charge is -2.20. The van der Waals surface area contributed by atoms with E-state index in [1.165, 1.54) is 11.0 Å². The smallest absolute Gasteiger partial charge is 0.247 e. The third-order valence-corrected chi connectivity index (χ3v) is 4.02. The number of hydrogen-bond acceptors (Lipinski definition) is 3. The van der Waals surface area contributed by atoms with E-state index in [1.807, 2.05) is 6.92 Å². The summed E-state index contributed by atoms with van der Waals surface area (Å²) in [6.07, 6.45) is 7.19. The van der Waals surface area contributed by atoms with Crippen LogP contribution in [-0.4, -0.2) is 34.8 Å². The van der Waals surface area contributed by atoms with Gasteiger partial charge in [-0.15, -0.1) is 0 Å². The van der Waals surface area contributed by atoms with Crippen LogP contribution in [0.15, 0.2) is 48.8 Å². The highest BCUT2D eigenvalue weighted by Crippen LogP contribution is 2.25. The Hall–Kier alpha value is -2.37. The van der Waals surface area contributed by atoms with Crippen LogP contribution in [0.1, 0.15) is 18.9 Å². The average molecular weight is 392 g/mol. The fraction of sp³-hybridized carbons (Fsp3) is 0.211. The van der Waals surface area contributed by atoms with Crippen LogP contribution in [0.3, 0.4) is 0 Å². The monoisotopic (exact) mass is 391 g/mol. The fourth-order valence-corrected chi connectivity index (χ4v) is 2.69. The molecule has 5 nitrogen and oxygen atoms in total. The molecule has 2 amide bonds. The van der Waals surface area contributed by atoms with Crippen molar-refractivity contribution in [1.82, 2.24) is 9.88 Å². The van der Waals surface area contributed by atoms with Crippen molar-refractivity contribution in [2.24, 2.45) is 0 Å². The van der Waals surface area contributed by atoms with Gasteiger partial charge in [0.15, 0.2) is 0 Å². The van der Waals surface area contributed by atoms with Gasteiger partial charge in [0.2, 0.25) is 11.8 Å². The number of carbonyl (C=O) groups excluding carboxylic acids is 2. The molecular formula is C19H19Cl2N3O2. The Labute approximate surface area is 162 Å². The molecule has 2 aromatic rings. The Kier molecular flexibility index (Phi) is 7.63. The van der Waals surface area contributed by atoms with Gasteiger partial charge in [-0.2, -0.15) is 0 Å². The van der Waals surface area contributed by atoms with Gasteiger partial charge in [-0.05, 0) is 48.4 Å². The Morgan fingerprint density at radius 1 is 1.19 bits per heavy atom. The second-order valence-corrected chi connectivity index (χ2v) is 6.39. The van der Waals surface area contributed by atoms with E-state index in [0.717, 1.165) is 12.0 Å². The molecule has 0 unspecified atom stereocenters. The minimum absolute atomic E-state index is 0.0632. The number of aromatic nitrogens is 1. The summed E-state index contributed by atoms with van der Waals surface area (Å²) in [6.45, 7) is 2.36. The second kappa shape index (κ2) is 9.94. The first-order chi connectivity index (χ1) is 12.5. The van der Waals surface area contributed by atoms with Crippen LogP contribution in [0.4, 0.5) is 5.69 Å². The van der Waals surface area contributed by atoms with Crippen LogP contribution in [0.5, 0.6) is 0 Å². The first kappa shape index (κ1) is 19.9. The lowest BCUT2D eigenvalue weighted by molar-refractivity contribution is -0.130. The highest BCUT2D eigenvalue weighted by Gasteiger charge is 2.15. The van der Waals surface area contributed by atoms with Crippen molar-refractivity contribution in [3.8, 4) is 0 Å². The van der Waals surface area contributed by atoms with Crippen LogP contribution in [0, 0.1) is 0 Å². The van der Waals surface area contributed by atoms with E-state index in [2.05, 4.69) is 10.3 Å². The SMILES string of the molecule is CCCN(CC(=O)Nc1ccc(Cl)cc1Cl)C(=O)/C=C/c1ccncc1. The molecule has 1 N–H and O–H groups in total. The molecule has 0 aliphatic rings. The predicted molar refractivity (Wildman–Crippen MR) is 105 cm³/mol. The molecule has 136 valence electrons. The van der Waals surface area contributed by atoms with Gasteiger partial charge in [-0.25, -0.2) is 0 Å². The number of pyridine rings is 1. The van der Waals surface area contributed by atoms with Crippen LogP contribution >= 0.6 is 23.2 Å². The maximum Gasteiger partial charge on any atom is 0.247 e. The average Bonchev–Trinajstić information content (AvgIpc) is 2.62. The Balaban J connectivity index is 2.00. The number of nitrogens with one attached hydrogen (secondary N) is 1. The lowest BCUT2D eigenvalue weighted by Crippen LogP contribution is -2.37. The van der Waals surface area contributed by atoms with Gasteiger partial charge >= 0.3 is 0 Å². The normalized spacial score (nSPS) is 10.7. The van der Waals surface area contributed by atoms with Crippen molar-refractivity contribution >= 4 is 46.8 Å². The number of nitrogens with zero attached hydrogens (tertiary/aromatic N) is 2. The summed E-state index contributed by atoms with van der Waals surface area (Å²) in [5.41, 5.74) is 1.32. The molecule has 0 saturated heterocycles. The van der Waals surface area contributed by atoms with Crippen molar-refractivity contribution in [3.63, 3.8) is 0 Å². The molecule has 0 radical (unpaired) electrons. The predicted octanol–water partition coefficient (Wildman–Crippen LogP) is 4.28. The van der Waals surface area contributed by atoms with E-state index in [4.69, 9.17) is 23.2 Å². The minimum Gasteiger partial charge on any atom is -0.330 e. The zero-order chi connectivity index (χ0) is 18.9. The molecular weight excluding hydrogens is 373 g/mol. The van der Waals surface area contributed by atoms with Gasteiger partial charge in [0.1, 0.15) is 6.54 Å². The second-order valence-electron chi connectivity index (χ2n) is 5.55. The van der Waals surface area contributed by atoms with Crippen molar-refractivity contribution < 1.29 is 9.59 Å². The largest absolute Gasteiger partial charge is 0.330 e. The molecule has 0 bridgehead atoms. The molecule has 2 rings (SSSR count). The molecule has 1 heterocycles. The molecule has 1 aromatic carbocycles. The van der Waals surface area contributed by atoms with Crippen LogP contribution in [0.25, 0.3) is 6.08 Å². The van der Waals surface area contributed by atoms with E-state index >= 15 is 0 Å². The molecule has 0 saturated carbocycles. The number of halogens is 2. The quantitative estimate of drug-likeness (QED) is 0.716. The Bertz CT molecular complexity index is 795. The van der Waals surface area contributed by atoms with Gasteiger partial charge in [0.05, 0.1) is 10.7 Å². The van der Waals surface area contributed by atoms with Crippen LogP contribution in [-0.2, 0) is 9.59 Å². The van der Waals surface area contributed by atoms with Crippen molar-refractivity contribution in [3.05, 3.63) is 64.4 Å². The molecule has 0 atom stereocenters. The van der Waals surface area contributed by atoms with E-state index in [0.29, 0.717) is 22.3 Å². The standard InChI is InChI=1S/C19H19Cl2N3O2/c1-2-11-24(19(26)6-3-14-7-9-22-10-8-14)13-18(25)23-17-5-4-15(20)12-16(17)21/h3-10,12H,2,11,13H2,1H3,(H,23,25)/b6-3+. The van der Waals surface area contributed by atoms with Crippen LogP contribution < -0.4 is 5.32 Å². The highest BCUT2D eigenvalue weighted by molar-refractivity contribution is 6.36. The van der Waals surface area contributed by atoms with E-state index < -0.39 is 0 Å². The van der Waals surface area contributed by atoms with E-state index in [9.17, 15) is 9.59 Å². The van der Waals surface area contributed by atoms with Gasteiger partial charge in [-0.1, -0.05) is 30.1 Å². The van der Waals surface area contributed by atoms with Gasteiger partial charge in [0, 0.05) is 30.0 Å². The molecule has 0 aliphatic heterocycles. The number of carbonyl (C=O) groups is 2. The summed E-state index contributed by atoms with van der Waals surface area (Å²) >= 11 is 11.9. The molecule has 1 aromatic heterocycles. The Morgan fingerprint density at radius 3 is 2.58 bits per heavy atom. The molecule has 0 aliphatic carbocycles. The van der Waals surface area contributed by atoms with Gasteiger partial charge in [-0.3, -0.25) is 14.6 Å². The third kappa shape index (κ3) is 6.17. The first-order valence-corrected chi connectivity index (χ1v) is 8.87. The minimum atomic E-state index is -0.326. The summed E-state index contributed by atoms with van der Waals surface area (Å²) in [5, 5.41) is 3.53. The first-order valence-electron chi connectivity index (χ1n) is 8.11. The summed E-state index contributed by atoms with van der Waals surface area (Å²) in [4.78, 5) is 30.1. The topological polar surface area (TPSA) is 62.3 Å². The van der Waals surface area contributed by atoms with Crippen molar-refractivity contribution in [1.29, 1.82) is 0 Å². The highest BCUT2D eigenvalue weighted by atomic mass is 35.5. The molecule has 0 fully saturated rings. The third-order valence-electron chi connectivity index (χ3n) is 3.47. The molecule has 7 heteroatoms. The maximum atomic E-state index is 12.4. The maximum absolute atomic E-state index is 12.4. The number of anilines is 1. The van der Waals surface area contributed by atoms with Crippen molar-refractivity contribution in [2.45, 2.75) is 13.3 Å². The number of benzene rings is 1. The van der Waals surface area contributed by atoms with Gasteiger partial charge < -0.3 is 10.2 Å². The summed E-state index contributed by atoms with van der Waals surface area (Å²) in [5.74, 6) is -0.561. The Morgan fingerprint density at radius 2 is 1.92 bits per heavy atom. The van der Waals surface area contributed by atoms with Crippen LogP contribution in [0.2, 0.25) is 10.0 Å². The van der Waals surface area contributed by atoms with E-state index in [-0.39, 0.29) is 18.4 Å². The summed E-state index contributed by atoms with van der Waals surface area (Å²) in [6, 6.07) is 8.39. The van der Waals surface area contributed by atoms with Gasteiger partial charge in [0.25, 0.3) is 0 Å². The lowest BCUT2D eigenvalue weighted by atomic mass is 10.2. The summed E-state index contributed by atoms with van der Waals surface area (Å²) in [7, 11) is 0. The zero-order valence-corrected chi connectivity index (χ0v) is 15.8. The zero-order valence-electron chi connectivity index (χ0n) is 14.3. The fourth-order valence-electron chi connectivity index (χ4n) is 2.24. The van der Waals surface area contributed by atoms with E-state index in [1.54, 1.807) is 48.8 Å². The molecule has 26 heavy (non-hydrogen) atoms. The molecule has 0 spiro atoms. The summed E-state index contributed by atoms with van der Waals surface area (Å²) < 4.78 is 0.